The molecule has 0 aromatic carbocycles. The van der Waals surface area contributed by atoms with Crippen LogP contribution in [0.25, 0.3) is 0 Å². The summed E-state index contributed by atoms with van der Waals surface area (Å²) in [5.41, 5.74) is 0. The van der Waals surface area contributed by atoms with Crippen LogP contribution in [0, 0.1) is 0 Å². The second-order valence-corrected chi connectivity index (χ2v) is 34.6. The lowest BCUT2D eigenvalue weighted by Gasteiger charge is -2.45. The highest BCUT2D eigenvalue weighted by Crippen LogP contribution is 2.22. The molecule has 0 saturated heterocycles. The van der Waals surface area contributed by atoms with Crippen molar-refractivity contribution in [2.45, 2.75) is 115 Å². The highest BCUT2D eigenvalue weighted by Gasteiger charge is 2.41. The zero-order valence-corrected chi connectivity index (χ0v) is 23.3. The lowest BCUT2D eigenvalue weighted by atomic mass is 10.2. The lowest BCUT2D eigenvalue weighted by Crippen LogP contribution is -2.69. The normalized spacial score (nSPS) is 17.5. The van der Waals surface area contributed by atoms with Gasteiger partial charge in [0.15, 0.2) is 0 Å². The van der Waals surface area contributed by atoms with Crippen molar-refractivity contribution in [2.75, 3.05) is 0 Å². The van der Waals surface area contributed by atoms with Crippen LogP contribution in [0.3, 0.4) is 0 Å². The molecule has 0 aliphatic rings. The van der Waals surface area contributed by atoms with Gasteiger partial charge in [0.25, 0.3) is 0 Å². The Bertz CT molecular complexity index is 320. The number of nitrogens with one attached hydrogen (secondary N) is 2. The van der Waals surface area contributed by atoms with Crippen LogP contribution >= 0.6 is 0 Å². The number of rotatable bonds is 9. The van der Waals surface area contributed by atoms with E-state index in [2.05, 4.69) is 103 Å². The van der Waals surface area contributed by atoms with E-state index >= 15 is 0 Å². The zero-order valence-electron chi connectivity index (χ0n) is 19.3. The highest BCUT2D eigenvalue weighted by atomic mass is 28.4. The topological polar surface area (TPSA) is 24.1 Å². The minimum atomic E-state index is -1.20. The molecule has 2 nitrogen and oxygen atoms in total. The Morgan fingerprint density at radius 3 is 0.708 bits per heavy atom. The van der Waals surface area contributed by atoms with Crippen LogP contribution in [0.15, 0.2) is 0 Å². The summed E-state index contributed by atoms with van der Waals surface area (Å²) in [5, 5.41) is 9.72. The van der Waals surface area contributed by atoms with Crippen LogP contribution in [0.1, 0.15) is 13.8 Å². The molecule has 2 N–H and O–H groups in total. The molecule has 0 saturated carbocycles. The summed E-state index contributed by atoms with van der Waals surface area (Å²) in [6.45, 7) is 35.1. The number of hydrogen-bond acceptors (Lipinski definition) is 2. The van der Waals surface area contributed by atoms with E-state index in [1.807, 2.05) is 0 Å². The van der Waals surface area contributed by atoms with E-state index in [4.69, 9.17) is 0 Å². The van der Waals surface area contributed by atoms with E-state index in [0.717, 1.165) is 10.6 Å². The molecule has 0 amide bonds. The molecule has 0 radical (unpaired) electrons. The predicted octanol–water partition coefficient (Wildman–Crippen LogP) is 5.19. The highest BCUT2D eigenvalue weighted by molar-refractivity contribution is 6.97. The van der Waals surface area contributed by atoms with E-state index in [9.17, 15) is 0 Å². The van der Waals surface area contributed by atoms with Gasteiger partial charge in [0.05, 0.1) is 32.3 Å². The molecule has 24 heavy (non-hydrogen) atoms. The SMILES string of the molecule is CC(NC([Si](C)(C)C)[Si](C)(C)C)C(C)NC([Si](C)(C)C)[Si](C)(C)C. The second kappa shape index (κ2) is 8.21. The fourth-order valence-electron chi connectivity index (χ4n) is 4.41. The summed E-state index contributed by atoms with van der Waals surface area (Å²) in [5.74, 6) is 0. The van der Waals surface area contributed by atoms with E-state index in [-0.39, 0.29) is 0 Å². The summed E-state index contributed by atoms with van der Waals surface area (Å²) < 4.78 is 0. The maximum absolute atomic E-state index is 4.10. The minimum Gasteiger partial charge on any atom is -0.315 e. The fraction of sp³-hybridized carbons (Fsp3) is 1.00. The third-order valence-electron chi connectivity index (χ3n) is 5.07. The van der Waals surface area contributed by atoms with Crippen LogP contribution in [0.4, 0.5) is 0 Å². The van der Waals surface area contributed by atoms with Crippen LogP contribution in [-0.4, -0.2) is 55.0 Å². The van der Waals surface area contributed by atoms with Gasteiger partial charge in [-0.2, -0.15) is 0 Å². The molecule has 0 fully saturated rings. The molecule has 2 atom stereocenters. The molecule has 0 aliphatic carbocycles. The maximum Gasteiger partial charge on any atom is 0.0599 e. The summed E-state index contributed by atoms with van der Waals surface area (Å²) in [6.07, 6.45) is 0. The van der Waals surface area contributed by atoms with Crippen molar-refractivity contribution in [1.29, 1.82) is 0 Å². The molecule has 0 aromatic rings. The van der Waals surface area contributed by atoms with E-state index in [0.29, 0.717) is 12.1 Å². The minimum absolute atomic E-state index is 0.531. The predicted molar refractivity (Wildman–Crippen MR) is 126 cm³/mol. The van der Waals surface area contributed by atoms with Gasteiger partial charge in [0, 0.05) is 12.1 Å². The summed E-state index contributed by atoms with van der Waals surface area (Å²) >= 11 is 0. The van der Waals surface area contributed by atoms with Gasteiger partial charge in [-0.25, -0.2) is 0 Å². The zero-order chi connectivity index (χ0) is 19.7. The van der Waals surface area contributed by atoms with Crippen molar-refractivity contribution in [3.8, 4) is 0 Å². The molecule has 0 spiro atoms. The first-order chi connectivity index (χ1) is 10.3. The Hall–Kier alpha value is 0.788. The average Bonchev–Trinajstić information content (AvgIpc) is 2.26. The summed E-state index contributed by atoms with van der Waals surface area (Å²) in [4.78, 5) is 0. The Balaban J connectivity index is 5.20. The largest absolute Gasteiger partial charge is 0.315 e. The van der Waals surface area contributed by atoms with Crippen molar-refractivity contribution in [2.24, 2.45) is 0 Å². The van der Waals surface area contributed by atoms with Gasteiger partial charge in [-0.3, -0.25) is 0 Å². The quantitative estimate of drug-likeness (QED) is 0.517. The maximum atomic E-state index is 4.10. The monoisotopic (exact) mass is 404 g/mol. The van der Waals surface area contributed by atoms with E-state index in [1.165, 1.54) is 0 Å². The first-order valence-electron chi connectivity index (χ1n) is 9.80. The molecule has 146 valence electrons. The van der Waals surface area contributed by atoms with Gasteiger partial charge in [0.1, 0.15) is 0 Å². The fourth-order valence-corrected chi connectivity index (χ4v) is 28.2. The molecule has 6 heteroatoms. The Labute approximate surface area is 158 Å². The molecular weight excluding hydrogens is 357 g/mol. The molecule has 0 aromatic heterocycles. The average molecular weight is 405 g/mol. The van der Waals surface area contributed by atoms with Crippen LogP contribution in [-0.2, 0) is 0 Å². The van der Waals surface area contributed by atoms with Crippen molar-refractivity contribution >= 4 is 32.3 Å². The Kier molecular flexibility index (Phi) is 8.48. The number of hydrogen-bond donors (Lipinski definition) is 2. The van der Waals surface area contributed by atoms with Gasteiger partial charge in [0.2, 0.25) is 0 Å². The van der Waals surface area contributed by atoms with Gasteiger partial charge in [-0.05, 0) is 24.4 Å². The van der Waals surface area contributed by atoms with Crippen LogP contribution in [0.2, 0.25) is 78.6 Å². The molecular formula is C18H48N2Si4. The first-order valence-corrected chi connectivity index (χ1v) is 24.1. The van der Waals surface area contributed by atoms with Crippen molar-refractivity contribution in [3.05, 3.63) is 0 Å². The molecule has 0 bridgehead atoms. The molecule has 0 heterocycles. The van der Waals surface area contributed by atoms with Crippen LogP contribution < -0.4 is 10.6 Å². The molecule has 0 aliphatic heterocycles. The smallest absolute Gasteiger partial charge is 0.0599 e. The summed E-state index contributed by atoms with van der Waals surface area (Å²) in [7, 11) is -4.81. The molecule has 0 rings (SSSR count). The van der Waals surface area contributed by atoms with Gasteiger partial charge in [-0.15, -0.1) is 0 Å². The standard InChI is InChI=1S/C18H48N2Si4/c1-15(19-17(21(3,4)5)22(6,7)8)16(2)20-18(23(9,10)11)24(12,13)14/h15-20H,1-14H3. The third kappa shape index (κ3) is 7.99. The first kappa shape index (κ1) is 24.8. The third-order valence-corrected chi connectivity index (χ3v) is 23.1. The van der Waals surface area contributed by atoms with Crippen molar-refractivity contribution in [3.63, 3.8) is 0 Å². The Morgan fingerprint density at radius 1 is 0.417 bits per heavy atom. The van der Waals surface area contributed by atoms with Crippen molar-refractivity contribution < 1.29 is 0 Å². The van der Waals surface area contributed by atoms with Gasteiger partial charge < -0.3 is 10.6 Å². The van der Waals surface area contributed by atoms with Gasteiger partial charge in [-0.1, -0.05) is 78.6 Å². The van der Waals surface area contributed by atoms with Crippen molar-refractivity contribution in [1.82, 2.24) is 10.6 Å². The lowest BCUT2D eigenvalue weighted by molar-refractivity contribution is 0.420. The van der Waals surface area contributed by atoms with E-state index < -0.39 is 32.3 Å². The van der Waals surface area contributed by atoms with Gasteiger partial charge >= 0.3 is 0 Å². The molecule has 2 unspecified atom stereocenters. The van der Waals surface area contributed by atoms with Crippen LogP contribution in [0.5, 0.6) is 0 Å². The van der Waals surface area contributed by atoms with E-state index in [1.54, 1.807) is 0 Å². The Morgan fingerprint density at radius 2 is 0.583 bits per heavy atom. The second-order valence-electron chi connectivity index (χ2n) is 12.2. The summed E-state index contributed by atoms with van der Waals surface area (Å²) in [6, 6.07) is 1.06.